The lowest BCUT2D eigenvalue weighted by molar-refractivity contribution is -0.0692. The van der Waals surface area contributed by atoms with Crippen molar-refractivity contribution in [3.05, 3.63) is 78.1 Å². The second kappa shape index (κ2) is 11.8. The van der Waals surface area contributed by atoms with Crippen LogP contribution in [0.3, 0.4) is 0 Å². The Kier molecular flexibility index (Phi) is 9.19. The van der Waals surface area contributed by atoms with Crippen LogP contribution in [0, 0.1) is 6.10 Å². The number of ether oxygens (including phenoxy) is 2. The van der Waals surface area contributed by atoms with Gasteiger partial charge in [0, 0.05) is 36.4 Å². The fraction of sp³-hybridized carbons (Fsp3) is 0.385. The van der Waals surface area contributed by atoms with E-state index in [0.717, 1.165) is 18.2 Å². The van der Waals surface area contributed by atoms with Crippen LogP contribution >= 0.6 is 0 Å². The molecule has 1 aromatic carbocycles. The number of pyridine rings is 1. The molecule has 207 valence electrons. The number of anilines is 1. The second-order valence-corrected chi connectivity index (χ2v) is 14.8. The van der Waals surface area contributed by atoms with Gasteiger partial charge in [0.25, 0.3) is 0 Å². The van der Waals surface area contributed by atoms with E-state index in [2.05, 4.69) is 14.5 Å². The average Bonchev–Trinajstić information content (AvgIpc) is 2.81. The summed E-state index contributed by atoms with van der Waals surface area (Å²) in [6.45, 7) is 3.07. The van der Waals surface area contributed by atoms with E-state index in [1.807, 2.05) is 33.9 Å². The van der Waals surface area contributed by atoms with Crippen molar-refractivity contribution < 1.29 is 40.2 Å². The first-order chi connectivity index (χ1) is 17.7. The first-order valence-corrected chi connectivity index (χ1v) is 14.6. The second-order valence-electron chi connectivity index (χ2n) is 10.1. The highest BCUT2D eigenvalue weighted by Gasteiger charge is 2.43. The molecule has 0 amide bonds. The van der Waals surface area contributed by atoms with Crippen LogP contribution in [-0.4, -0.2) is 32.7 Å². The minimum absolute atomic E-state index is 0.0386. The zero-order valence-electron chi connectivity index (χ0n) is 21.5. The number of hydrogen-bond donors (Lipinski definition) is 0. The maximum absolute atomic E-state index is 15.0. The quantitative estimate of drug-likeness (QED) is 0.218. The Bertz CT molecular complexity index is 1160. The van der Waals surface area contributed by atoms with Gasteiger partial charge in [-0.15, -0.1) is 0 Å². The Labute approximate surface area is 218 Å². The van der Waals surface area contributed by atoms with Gasteiger partial charge in [0.1, 0.15) is 11.9 Å². The number of benzene rings is 1. The molecule has 1 heterocycles. The van der Waals surface area contributed by atoms with E-state index in [1.165, 1.54) is 23.2 Å². The summed E-state index contributed by atoms with van der Waals surface area (Å²) >= 11 is 0. The summed E-state index contributed by atoms with van der Waals surface area (Å²) < 4.78 is 96.5. The Morgan fingerprint density at radius 2 is 1.66 bits per heavy atom. The Hall–Kier alpha value is -2.99. The highest BCUT2D eigenvalue weighted by molar-refractivity contribution is 6.74. The van der Waals surface area contributed by atoms with Crippen LogP contribution in [0.4, 0.5) is 32.0 Å². The normalized spacial score (nSPS) is 16.9. The van der Waals surface area contributed by atoms with Crippen LogP contribution in [0.2, 0.25) is 18.1 Å². The lowest BCUT2D eigenvalue weighted by Crippen LogP contribution is -2.44. The molecule has 0 aliphatic heterocycles. The molecule has 1 aliphatic rings. The molecule has 3 rings (SSSR count). The molecule has 0 bridgehead atoms. The summed E-state index contributed by atoms with van der Waals surface area (Å²) in [5.74, 6) is -2.36. The molecule has 0 N–H and O–H groups in total. The van der Waals surface area contributed by atoms with Crippen LogP contribution in [0.25, 0.3) is 0 Å². The molecular weight excluding hydrogens is 530 g/mol. The summed E-state index contributed by atoms with van der Waals surface area (Å²) in [5, 5.41) is -0.303. The molecule has 0 saturated carbocycles. The molecule has 0 saturated heterocycles. The average molecular weight is 560 g/mol. The van der Waals surface area contributed by atoms with Gasteiger partial charge in [-0.05, 0) is 54.0 Å². The summed E-state index contributed by atoms with van der Waals surface area (Å²) in [6.07, 6.45) is 3.07. The molecular formula is C26H29F6N2O3Si. The monoisotopic (exact) mass is 559 g/mol. The van der Waals surface area contributed by atoms with Gasteiger partial charge in [0.15, 0.2) is 26.0 Å². The predicted molar refractivity (Wildman–Crippen MR) is 134 cm³/mol. The molecule has 38 heavy (non-hydrogen) atoms. The van der Waals surface area contributed by atoms with Crippen molar-refractivity contribution in [3.63, 3.8) is 0 Å². The van der Waals surface area contributed by atoms with E-state index >= 15 is 0 Å². The highest BCUT2D eigenvalue weighted by Crippen LogP contribution is 2.43. The highest BCUT2D eigenvalue weighted by atomic mass is 28.4. The minimum atomic E-state index is -3.33. The molecule has 2 aromatic rings. The smallest absolute Gasteiger partial charge is 0.387 e. The van der Waals surface area contributed by atoms with E-state index in [0.29, 0.717) is 5.56 Å². The van der Waals surface area contributed by atoms with Gasteiger partial charge in [0.05, 0.1) is 0 Å². The van der Waals surface area contributed by atoms with Crippen molar-refractivity contribution in [2.45, 2.75) is 64.8 Å². The zero-order chi connectivity index (χ0) is 28.3. The molecule has 5 nitrogen and oxygen atoms in total. The fourth-order valence-electron chi connectivity index (χ4n) is 3.35. The number of alkyl halides is 5. The van der Waals surface area contributed by atoms with E-state index in [1.54, 1.807) is 18.3 Å². The number of rotatable bonds is 10. The third-order valence-electron chi connectivity index (χ3n) is 6.29. The minimum Gasteiger partial charge on any atom is -0.431 e. The molecule has 1 radical (unpaired) electrons. The third-order valence-corrected chi connectivity index (χ3v) is 10.7. The van der Waals surface area contributed by atoms with E-state index in [-0.39, 0.29) is 29.1 Å². The predicted octanol–water partition coefficient (Wildman–Crippen LogP) is 7.93. The van der Waals surface area contributed by atoms with Crippen LogP contribution in [0.5, 0.6) is 11.5 Å². The Morgan fingerprint density at radius 3 is 2.24 bits per heavy atom. The summed E-state index contributed by atoms with van der Waals surface area (Å²) in [7, 11) is -2.57. The summed E-state index contributed by atoms with van der Waals surface area (Å²) in [6, 6.07) is 6.80. The number of aromatic nitrogens is 1. The zero-order valence-corrected chi connectivity index (χ0v) is 22.5. The van der Waals surface area contributed by atoms with E-state index in [9.17, 15) is 26.3 Å². The van der Waals surface area contributed by atoms with Gasteiger partial charge in [-0.1, -0.05) is 26.8 Å². The molecule has 0 spiro atoms. The lowest BCUT2D eigenvalue weighted by atomic mass is 10.0. The number of allylic oxidation sites excluding steroid dienone is 1. The molecule has 1 aromatic heterocycles. The van der Waals surface area contributed by atoms with Crippen LogP contribution in [0.1, 0.15) is 26.3 Å². The van der Waals surface area contributed by atoms with Gasteiger partial charge < -0.3 is 18.8 Å². The van der Waals surface area contributed by atoms with E-state index < -0.39 is 45.0 Å². The van der Waals surface area contributed by atoms with Gasteiger partial charge in [-0.3, -0.25) is 4.98 Å². The fourth-order valence-corrected chi connectivity index (χ4v) is 4.41. The van der Waals surface area contributed by atoms with Gasteiger partial charge in [0.2, 0.25) is 0 Å². The van der Waals surface area contributed by atoms with Crippen molar-refractivity contribution >= 4 is 14.0 Å². The first kappa shape index (κ1) is 29.6. The van der Waals surface area contributed by atoms with Crippen molar-refractivity contribution in [3.8, 4) is 11.5 Å². The SMILES string of the molecule is CC(C)(C)[Si](C)(C)O[C]1C=C(N(Cc2cccnc2)c2ccc(OC(F)F)c(OC(F)F)c2)C=C(F)C1F. The van der Waals surface area contributed by atoms with Gasteiger partial charge in [-0.25, -0.2) is 8.78 Å². The third kappa shape index (κ3) is 7.31. The lowest BCUT2D eigenvalue weighted by Gasteiger charge is -2.40. The van der Waals surface area contributed by atoms with Gasteiger partial charge >= 0.3 is 13.2 Å². The van der Waals surface area contributed by atoms with E-state index in [4.69, 9.17) is 4.43 Å². The standard InChI is InChI=1S/C26H29F6N2O3Si/c1-26(2,3)38(4,5)37-22-13-18(11-19(27)23(22)28)34(15-16-7-6-10-33-14-16)17-8-9-20(35-24(29)30)21(12-17)36-25(31)32/h6-14,23-25H,15H2,1-5H3. The summed E-state index contributed by atoms with van der Waals surface area (Å²) in [5.41, 5.74) is 0.936. The Balaban J connectivity index is 2.10. The number of halogens is 6. The Morgan fingerprint density at radius 1 is 1.00 bits per heavy atom. The van der Waals surface area contributed by atoms with Crippen LogP contribution in [0.15, 0.2) is 66.4 Å². The van der Waals surface area contributed by atoms with Crippen molar-refractivity contribution in [2.75, 3.05) is 4.90 Å². The topological polar surface area (TPSA) is 43.8 Å². The van der Waals surface area contributed by atoms with Crippen LogP contribution in [-0.2, 0) is 11.0 Å². The molecule has 1 atom stereocenters. The maximum Gasteiger partial charge on any atom is 0.387 e. The molecule has 0 fully saturated rings. The molecule has 1 aliphatic carbocycles. The number of hydrogen-bond acceptors (Lipinski definition) is 5. The van der Waals surface area contributed by atoms with Crippen molar-refractivity contribution in [1.29, 1.82) is 0 Å². The largest absolute Gasteiger partial charge is 0.431 e. The maximum atomic E-state index is 15.0. The molecule has 12 heteroatoms. The van der Waals surface area contributed by atoms with Crippen LogP contribution < -0.4 is 14.4 Å². The van der Waals surface area contributed by atoms with Crippen molar-refractivity contribution in [1.82, 2.24) is 4.98 Å². The first-order valence-electron chi connectivity index (χ1n) is 11.7. The van der Waals surface area contributed by atoms with Crippen molar-refractivity contribution in [2.24, 2.45) is 0 Å². The van der Waals surface area contributed by atoms with Gasteiger partial charge in [-0.2, -0.15) is 17.6 Å². The molecule has 1 unspecified atom stereocenters. The number of nitrogens with zero attached hydrogens (tertiary/aromatic N) is 2. The summed E-state index contributed by atoms with van der Waals surface area (Å²) in [4.78, 5) is 5.52.